The second-order valence-electron chi connectivity index (χ2n) is 10.3. The summed E-state index contributed by atoms with van der Waals surface area (Å²) in [5.41, 5.74) is 6.60. The van der Waals surface area contributed by atoms with Crippen molar-refractivity contribution >= 4 is 24.1 Å². The molecule has 0 heterocycles. The lowest BCUT2D eigenvalue weighted by Crippen LogP contribution is -2.36. The van der Waals surface area contributed by atoms with Crippen LogP contribution in [0.1, 0.15) is 79.7 Å². The van der Waals surface area contributed by atoms with Crippen LogP contribution in [0.15, 0.2) is 18.2 Å². The van der Waals surface area contributed by atoms with Gasteiger partial charge in [0.2, 0.25) is 0 Å². The predicted molar refractivity (Wildman–Crippen MR) is 141 cm³/mol. The zero-order valence-electron chi connectivity index (χ0n) is 23.6. The molecular formula is C28H43NO9. The molecule has 1 unspecified atom stereocenters. The van der Waals surface area contributed by atoms with Gasteiger partial charge in [0.25, 0.3) is 0 Å². The molecular weight excluding hydrogens is 494 g/mol. The minimum atomic E-state index is -1.03. The van der Waals surface area contributed by atoms with Crippen molar-refractivity contribution in [3.63, 3.8) is 0 Å². The highest BCUT2D eigenvalue weighted by Crippen LogP contribution is 2.30. The highest BCUT2D eigenvalue weighted by molar-refractivity contribution is 5.77. The van der Waals surface area contributed by atoms with E-state index in [0.29, 0.717) is 12.0 Å². The van der Waals surface area contributed by atoms with Gasteiger partial charge in [-0.3, -0.25) is 14.4 Å². The van der Waals surface area contributed by atoms with E-state index in [0.717, 1.165) is 6.42 Å². The van der Waals surface area contributed by atoms with Crippen LogP contribution in [0.25, 0.3) is 0 Å². The van der Waals surface area contributed by atoms with Gasteiger partial charge in [0.15, 0.2) is 11.5 Å². The SMILES string of the molecule is CCCC(C)OC(=O)O[C@@H](C)COC(=O)[C@@H](N)Cc1ccc(OC(=O)CC(C)C)c(OC(=O)CC(C)C)c1. The molecule has 0 amide bonds. The maximum absolute atomic E-state index is 12.4. The third-order valence-electron chi connectivity index (χ3n) is 5.11. The van der Waals surface area contributed by atoms with Gasteiger partial charge in [-0.05, 0) is 56.2 Å². The summed E-state index contributed by atoms with van der Waals surface area (Å²) < 4.78 is 26.3. The number of hydrogen-bond donors (Lipinski definition) is 1. The Morgan fingerprint density at radius 2 is 1.37 bits per heavy atom. The molecule has 0 radical (unpaired) electrons. The van der Waals surface area contributed by atoms with Gasteiger partial charge in [-0.2, -0.15) is 0 Å². The van der Waals surface area contributed by atoms with E-state index in [2.05, 4.69) is 0 Å². The molecule has 0 aliphatic rings. The van der Waals surface area contributed by atoms with Crippen LogP contribution in [-0.2, 0) is 35.0 Å². The summed E-state index contributed by atoms with van der Waals surface area (Å²) in [6, 6.07) is 3.62. The number of benzene rings is 1. The Hall–Kier alpha value is -3.14. The van der Waals surface area contributed by atoms with E-state index in [1.807, 2.05) is 34.6 Å². The molecule has 0 spiro atoms. The lowest BCUT2D eigenvalue weighted by atomic mass is 10.1. The summed E-state index contributed by atoms with van der Waals surface area (Å²) in [7, 11) is 0. The van der Waals surface area contributed by atoms with Gasteiger partial charge in [-0.1, -0.05) is 47.1 Å². The minimum absolute atomic E-state index is 0.0690. The second kappa shape index (κ2) is 16.7. The maximum atomic E-state index is 12.4. The fourth-order valence-electron chi connectivity index (χ4n) is 3.34. The molecule has 10 nitrogen and oxygen atoms in total. The molecule has 0 saturated heterocycles. The van der Waals surface area contributed by atoms with Crippen molar-refractivity contribution in [2.24, 2.45) is 17.6 Å². The predicted octanol–water partition coefficient (Wildman–Crippen LogP) is 4.73. The molecule has 10 heteroatoms. The molecule has 0 saturated carbocycles. The summed E-state index contributed by atoms with van der Waals surface area (Å²) in [5, 5.41) is 0. The van der Waals surface area contributed by atoms with Gasteiger partial charge in [0.1, 0.15) is 24.9 Å². The quantitative estimate of drug-likeness (QED) is 0.246. The van der Waals surface area contributed by atoms with Crippen LogP contribution in [0.5, 0.6) is 11.5 Å². The van der Waals surface area contributed by atoms with E-state index in [-0.39, 0.29) is 55.3 Å². The number of ether oxygens (including phenoxy) is 5. The summed E-state index contributed by atoms with van der Waals surface area (Å²) in [6.45, 7) is 12.7. The molecule has 38 heavy (non-hydrogen) atoms. The van der Waals surface area contributed by atoms with Crippen molar-refractivity contribution in [2.75, 3.05) is 6.61 Å². The average molecular weight is 538 g/mol. The summed E-state index contributed by atoms with van der Waals surface area (Å²) in [4.78, 5) is 48.7. The number of nitrogens with two attached hydrogens (primary N) is 1. The highest BCUT2D eigenvalue weighted by atomic mass is 16.7. The Bertz CT molecular complexity index is 929. The lowest BCUT2D eigenvalue weighted by Gasteiger charge is -2.18. The molecule has 0 aliphatic heterocycles. The zero-order valence-corrected chi connectivity index (χ0v) is 23.6. The Morgan fingerprint density at radius 1 is 0.816 bits per heavy atom. The lowest BCUT2D eigenvalue weighted by molar-refractivity contribution is -0.148. The van der Waals surface area contributed by atoms with E-state index >= 15 is 0 Å². The Labute approximate surface area is 225 Å². The second-order valence-corrected chi connectivity index (χ2v) is 10.3. The van der Waals surface area contributed by atoms with Gasteiger partial charge in [-0.15, -0.1) is 0 Å². The Kier molecular flexibility index (Phi) is 14.4. The third kappa shape index (κ3) is 13.4. The van der Waals surface area contributed by atoms with E-state index in [9.17, 15) is 19.2 Å². The Morgan fingerprint density at radius 3 is 1.92 bits per heavy atom. The van der Waals surface area contributed by atoms with Crippen molar-refractivity contribution in [3.05, 3.63) is 23.8 Å². The van der Waals surface area contributed by atoms with E-state index in [1.54, 1.807) is 19.9 Å². The van der Waals surface area contributed by atoms with Crippen LogP contribution >= 0.6 is 0 Å². The molecule has 0 aliphatic carbocycles. The third-order valence-corrected chi connectivity index (χ3v) is 5.11. The standard InChI is InChI=1S/C28H43NO9/c1-8-9-19(6)35-28(33)36-20(7)16-34-27(32)22(29)14-21-10-11-23(37-25(30)12-17(2)3)24(15-21)38-26(31)13-18(4)5/h10-11,15,17-20,22H,8-9,12-14,16,29H2,1-7H3/t19?,20-,22-/m0/s1. The first-order valence-electron chi connectivity index (χ1n) is 13.1. The number of carbonyl (C=O) groups is 4. The molecule has 3 atom stereocenters. The van der Waals surface area contributed by atoms with E-state index < -0.39 is 36.2 Å². The smallest absolute Gasteiger partial charge is 0.461 e. The monoisotopic (exact) mass is 537 g/mol. The summed E-state index contributed by atoms with van der Waals surface area (Å²) in [6.07, 6.45) is 0.221. The number of rotatable bonds is 15. The first-order valence-corrected chi connectivity index (χ1v) is 13.1. The van der Waals surface area contributed by atoms with Crippen molar-refractivity contribution < 1.29 is 42.9 Å². The van der Waals surface area contributed by atoms with Crippen LogP contribution in [0, 0.1) is 11.8 Å². The first kappa shape index (κ1) is 32.9. The first-order chi connectivity index (χ1) is 17.8. The van der Waals surface area contributed by atoms with Crippen LogP contribution in [0.3, 0.4) is 0 Å². The Balaban J connectivity index is 2.79. The van der Waals surface area contributed by atoms with Crippen LogP contribution < -0.4 is 15.2 Å². The van der Waals surface area contributed by atoms with Crippen molar-refractivity contribution in [2.45, 2.75) is 98.8 Å². The normalized spacial score (nSPS) is 13.4. The largest absolute Gasteiger partial charge is 0.508 e. The van der Waals surface area contributed by atoms with Crippen LogP contribution in [-0.4, -0.2) is 48.9 Å². The van der Waals surface area contributed by atoms with Crippen molar-refractivity contribution in [3.8, 4) is 11.5 Å². The zero-order chi connectivity index (χ0) is 28.8. The summed E-state index contributed by atoms with van der Waals surface area (Å²) >= 11 is 0. The molecule has 214 valence electrons. The average Bonchev–Trinajstić information content (AvgIpc) is 2.77. The maximum Gasteiger partial charge on any atom is 0.508 e. The number of carbonyl (C=O) groups excluding carboxylic acids is 4. The van der Waals surface area contributed by atoms with E-state index in [4.69, 9.17) is 29.4 Å². The summed E-state index contributed by atoms with van der Waals surface area (Å²) in [5.74, 6) is -1.26. The molecule has 0 bridgehead atoms. The molecule has 1 aromatic rings. The van der Waals surface area contributed by atoms with E-state index in [1.165, 1.54) is 12.1 Å². The van der Waals surface area contributed by atoms with Gasteiger partial charge in [-0.25, -0.2) is 4.79 Å². The molecule has 1 aromatic carbocycles. The number of esters is 3. The minimum Gasteiger partial charge on any atom is -0.461 e. The van der Waals surface area contributed by atoms with Gasteiger partial charge < -0.3 is 29.4 Å². The van der Waals surface area contributed by atoms with Crippen molar-refractivity contribution in [1.29, 1.82) is 0 Å². The molecule has 0 aromatic heterocycles. The molecule has 2 N–H and O–H groups in total. The fraction of sp³-hybridized carbons (Fsp3) is 0.643. The number of hydrogen-bond acceptors (Lipinski definition) is 10. The van der Waals surface area contributed by atoms with Crippen molar-refractivity contribution in [1.82, 2.24) is 0 Å². The molecule has 0 fully saturated rings. The fourth-order valence-corrected chi connectivity index (χ4v) is 3.34. The topological polar surface area (TPSA) is 140 Å². The molecule has 1 rings (SSSR count). The van der Waals surface area contributed by atoms with Crippen LogP contribution in [0.4, 0.5) is 4.79 Å². The highest BCUT2D eigenvalue weighted by Gasteiger charge is 2.22. The van der Waals surface area contributed by atoms with Gasteiger partial charge in [0.05, 0.1) is 0 Å². The van der Waals surface area contributed by atoms with Gasteiger partial charge in [0, 0.05) is 12.8 Å². The van der Waals surface area contributed by atoms with Crippen LogP contribution in [0.2, 0.25) is 0 Å². The van der Waals surface area contributed by atoms with Gasteiger partial charge >= 0.3 is 24.1 Å².